The molecule has 0 fully saturated rings. The summed E-state index contributed by atoms with van der Waals surface area (Å²) >= 11 is 0. The van der Waals surface area contributed by atoms with Crippen molar-refractivity contribution in [3.63, 3.8) is 0 Å². The minimum absolute atomic E-state index is 0.112. The molecule has 1 rings (SSSR count). The summed E-state index contributed by atoms with van der Waals surface area (Å²) < 4.78 is 11.8. The first-order valence-electron chi connectivity index (χ1n) is 7.65. The number of para-hydroxylation sites is 1. The lowest BCUT2D eigenvalue weighted by atomic mass is 9.90. The molecule has 1 aromatic carbocycles. The summed E-state index contributed by atoms with van der Waals surface area (Å²) in [5.41, 5.74) is 0.887. The van der Waals surface area contributed by atoms with Gasteiger partial charge in [0.05, 0.1) is 18.2 Å². The van der Waals surface area contributed by atoms with Crippen molar-refractivity contribution in [3.05, 3.63) is 29.8 Å². The molecular weight excluding hydrogens is 250 g/mol. The van der Waals surface area contributed by atoms with Crippen LogP contribution in [0.5, 0.6) is 5.75 Å². The van der Waals surface area contributed by atoms with Gasteiger partial charge in [0.2, 0.25) is 0 Å². The molecule has 0 aliphatic carbocycles. The molecule has 0 aliphatic heterocycles. The Morgan fingerprint density at radius 1 is 1.15 bits per heavy atom. The van der Waals surface area contributed by atoms with E-state index in [-0.39, 0.29) is 11.6 Å². The molecule has 0 spiro atoms. The van der Waals surface area contributed by atoms with E-state index in [9.17, 15) is 0 Å². The number of hydrogen-bond acceptors (Lipinski definition) is 3. The van der Waals surface area contributed by atoms with E-state index in [1.54, 1.807) is 0 Å². The lowest BCUT2D eigenvalue weighted by Gasteiger charge is -2.35. The van der Waals surface area contributed by atoms with Gasteiger partial charge in [0.1, 0.15) is 5.75 Å². The molecule has 0 aliphatic rings. The number of ether oxygens (including phenoxy) is 2. The topological polar surface area (TPSA) is 30.5 Å². The normalized spacial score (nSPS) is 13.2. The van der Waals surface area contributed by atoms with Gasteiger partial charge in [-0.25, -0.2) is 0 Å². The zero-order valence-corrected chi connectivity index (χ0v) is 13.5. The fourth-order valence-corrected chi connectivity index (χ4v) is 2.45. The van der Waals surface area contributed by atoms with Gasteiger partial charge in [0, 0.05) is 12.2 Å². The van der Waals surface area contributed by atoms with Crippen LogP contribution in [0.25, 0.3) is 0 Å². The summed E-state index contributed by atoms with van der Waals surface area (Å²) in [6.45, 7) is 12.9. The standard InChI is InChI=1S/C17H29NO2/c1-6-13-19-15-12-10-9-11-14(15)16(18-7-2)17(4,5)20-8-3/h9-12,16,18H,6-8,13H2,1-5H3. The van der Waals surface area contributed by atoms with Crippen molar-refractivity contribution in [2.45, 2.75) is 52.7 Å². The van der Waals surface area contributed by atoms with Crippen LogP contribution in [0.4, 0.5) is 0 Å². The largest absolute Gasteiger partial charge is 0.493 e. The maximum absolute atomic E-state index is 5.94. The SMILES string of the molecule is CCCOc1ccccc1C(NCC)C(C)(C)OCC. The molecule has 3 heteroatoms. The Balaban J connectivity index is 3.07. The monoisotopic (exact) mass is 279 g/mol. The van der Waals surface area contributed by atoms with Crippen LogP contribution in [-0.4, -0.2) is 25.4 Å². The molecule has 0 amide bonds. The van der Waals surface area contributed by atoms with E-state index in [0.29, 0.717) is 6.61 Å². The second-order valence-electron chi connectivity index (χ2n) is 5.41. The summed E-state index contributed by atoms with van der Waals surface area (Å²) in [6, 6.07) is 8.35. The molecule has 114 valence electrons. The van der Waals surface area contributed by atoms with Gasteiger partial charge in [0.15, 0.2) is 0 Å². The summed E-state index contributed by atoms with van der Waals surface area (Å²) in [5, 5.41) is 3.54. The highest BCUT2D eigenvalue weighted by molar-refractivity contribution is 5.37. The van der Waals surface area contributed by atoms with Gasteiger partial charge in [-0.1, -0.05) is 32.0 Å². The second-order valence-corrected chi connectivity index (χ2v) is 5.41. The van der Waals surface area contributed by atoms with Gasteiger partial charge in [-0.2, -0.15) is 0 Å². The zero-order valence-electron chi connectivity index (χ0n) is 13.5. The van der Waals surface area contributed by atoms with Crippen LogP contribution in [0.1, 0.15) is 52.6 Å². The lowest BCUT2D eigenvalue weighted by molar-refractivity contribution is -0.0394. The highest BCUT2D eigenvalue weighted by Crippen LogP contribution is 2.34. The lowest BCUT2D eigenvalue weighted by Crippen LogP contribution is -2.41. The molecule has 0 radical (unpaired) electrons. The van der Waals surface area contributed by atoms with Crippen molar-refractivity contribution >= 4 is 0 Å². The molecule has 0 saturated carbocycles. The van der Waals surface area contributed by atoms with Gasteiger partial charge in [-0.15, -0.1) is 0 Å². The van der Waals surface area contributed by atoms with E-state index >= 15 is 0 Å². The third kappa shape index (κ3) is 4.50. The Morgan fingerprint density at radius 3 is 2.45 bits per heavy atom. The van der Waals surface area contributed by atoms with E-state index in [2.05, 4.69) is 45.1 Å². The van der Waals surface area contributed by atoms with E-state index < -0.39 is 0 Å². The minimum Gasteiger partial charge on any atom is -0.493 e. The van der Waals surface area contributed by atoms with Crippen molar-refractivity contribution in [2.75, 3.05) is 19.8 Å². The van der Waals surface area contributed by atoms with Crippen molar-refractivity contribution in [1.82, 2.24) is 5.32 Å². The van der Waals surface area contributed by atoms with Crippen molar-refractivity contribution in [1.29, 1.82) is 0 Å². The maximum atomic E-state index is 5.94. The van der Waals surface area contributed by atoms with Crippen LogP contribution < -0.4 is 10.1 Å². The molecule has 0 saturated heterocycles. The molecule has 0 heterocycles. The summed E-state index contributed by atoms with van der Waals surface area (Å²) in [6.07, 6.45) is 1.01. The van der Waals surface area contributed by atoms with Crippen molar-refractivity contribution < 1.29 is 9.47 Å². The van der Waals surface area contributed by atoms with Crippen LogP contribution in [-0.2, 0) is 4.74 Å². The van der Waals surface area contributed by atoms with Gasteiger partial charge >= 0.3 is 0 Å². The zero-order chi connectivity index (χ0) is 15.0. The third-order valence-corrected chi connectivity index (χ3v) is 3.31. The number of benzene rings is 1. The Kier molecular flexibility index (Phi) is 7.03. The second kappa shape index (κ2) is 8.28. The molecule has 1 unspecified atom stereocenters. The summed E-state index contributed by atoms with van der Waals surface area (Å²) in [5.74, 6) is 0.952. The van der Waals surface area contributed by atoms with E-state index in [4.69, 9.17) is 9.47 Å². The molecule has 20 heavy (non-hydrogen) atoms. The van der Waals surface area contributed by atoms with E-state index in [0.717, 1.165) is 25.3 Å². The van der Waals surface area contributed by atoms with Crippen LogP contribution >= 0.6 is 0 Å². The van der Waals surface area contributed by atoms with Gasteiger partial charge in [-0.3, -0.25) is 0 Å². The molecule has 1 atom stereocenters. The van der Waals surface area contributed by atoms with E-state index in [1.165, 1.54) is 5.56 Å². The summed E-state index contributed by atoms with van der Waals surface area (Å²) in [4.78, 5) is 0. The number of likely N-dealkylation sites (N-methyl/N-ethyl adjacent to an activating group) is 1. The Labute approximate surface area is 123 Å². The van der Waals surface area contributed by atoms with Crippen LogP contribution in [0.2, 0.25) is 0 Å². The summed E-state index contributed by atoms with van der Waals surface area (Å²) in [7, 11) is 0. The molecule has 0 bridgehead atoms. The number of nitrogens with one attached hydrogen (secondary N) is 1. The van der Waals surface area contributed by atoms with Crippen LogP contribution in [0, 0.1) is 0 Å². The molecular formula is C17H29NO2. The minimum atomic E-state index is -0.281. The highest BCUT2D eigenvalue weighted by atomic mass is 16.5. The van der Waals surface area contributed by atoms with Crippen molar-refractivity contribution in [2.24, 2.45) is 0 Å². The van der Waals surface area contributed by atoms with E-state index in [1.807, 2.05) is 19.1 Å². The highest BCUT2D eigenvalue weighted by Gasteiger charge is 2.32. The molecule has 1 aromatic rings. The Morgan fingerprint density at radius 2 is 1.85 bits per heavy atom. The number of hydrogen-bond donors (Lipinski definition) is 1. The smallest absolute Gasteiger partial charge is 0.124 e. The first-order valence-corrected chi connectivity index (χ1v) is 7.65. The Hall–Kier alpha value is -1.06. The predicted molar refractivity (Wildman–Crippen MR) is 84.4 cm³/mol. The van der Waals surface area contributed by atoms with Gasteiger partial charge in [-0.05, 0) is 39.8 Å². The first kappa shape index (κ1) is 17.0. The fraction of sp³-hybridized carbons (Fsp3) is 0.647. The van der Waals surface area contributed by atoms with Crippen LogP contribution in [0.3, 0.4) is 0 Å². The fourth-order valence-electron chi connectivity index (χ4n) is 2.45. The quantitative estimate of drug-likeness (QED) is 0.742. The maximum Gasteiger partial charge on any atom is 0.124 e. The number of rotatable bonds is 9. The van der Waals surface area contributed by atoms with Crippen molar-refractivity contribution in [3.8, 4) is 5.75 Å². The molecule has 3 nitrogen and oxygen atoms in total. The van der Waals surface area contributed by atoms with Crippen LogP contribution in [0.15, 0.2) is 24.3 Å². The average molecular weight is 279 g/mol. The first-order chi connectivity index (χ1) is 9.56. The molecule has 1 N–H and O–H groups in total. The van der Waals surface area contributed by atoms with Gasteiger partial charge in [0.25, 0.3) is 0 Å². The Bertz CT molecular complexity index is 390. The molecule has 0 aromatic heterocycles. The predicted octanol–water partition coefficient (Wildman–Crippen LogP) is 3.94. The van der Waals surface area contributed by atoms with Gasteiger partial charge < -0.3 is 14.8 Å². The third-order valence-electron chi connectivity index (χ3n) is 3.31. The average Bonchev–Trinajstić information content (AvgIpc) is 2.43.